The van der Waals surface area contributed by atoms with Crippen molar-refractivity contribution in [3.05, 3.63) is 85.1 Å². The molecule has 0 aliphatic heterocycles. The number of quaternary nitrogens is 1. The Morgan fingerprint density at radius 3 is 1.39 bits per heavy atom. The number of rotatable bonds is 43. The van der Waals surface area contributed by atoms with Gasteiger partial charge in [0.1, 0.15) is 19.8 Å². The van der Waals surface area contributed by atoms with Crippen LogP contribution in [0.1, 0.15) is 181 Å². The van der Waals surface area contributed by atoms with Gasteiger partial charge in [0.25, 0.3) is 0 Å². The van der Waals surface area contributed by atoms with Gasteiger partial charge in [-0.2, -0.15) is 0 Å². The zero-order valence-corrected chi connectivity index (χ0v) is 41.0. The van der Waals surface area contributed by atoms with E-state index in [0.717, 1.165) is 89.9 Å². The molecule has 1 N–H and O–H groups in total. The van der Waals surface area contributed by atoms with Gasteiger partial charge in [0, 0.05) is 12.8 Å². The number of carbonyl (C=O) groups is 2. The first-order valence-electron chi connectivity index (χ1n) is 24.3. The van der Waals surface area contributed by atoms with E-state index >= 15 is 0 Å². The van der Waals surface area contributed by atoms with Crippen LogP contribution in [0, 0.1) is 0 Å². The molecule has 1 unspecified atom stereocenters. The third-order valence-corrected chi connectivity index (χ3v) is 10.9. The Hall–Kier alpha value is -2.81. The third kappa shape index (κ3) is 46.7. The van der Waals surface area contributed by atoms with E-state index in [0.29, 0.717) is 17.4 Å². The Morgan fingerprint density at radius 2 is 0.919 bits per heavy atom. The quantitative estimate of drug-likeness (QED) is 0.0212. The number of phosphoric ester groups is 1. The molecule has 0 rings (SSSR count). The van der Waals surface area contributed by atoms with Crippen molar-refractivity contribution in [2.45, 2.75) is 187 Å². The van der Waals surface area contributed by atoms with Gasteiger partial charge in [-0.25, -0.2) is 4.57 Å². The van der Waals surface area contributed by atoms with E-state index in [2.05, 4.69) is 98.9 Å². The lowest BCUT2D eigenvalue weighted by Gasteiger charge is -2.24. The number of nitrogens with zero attached hydrogens (tertiary/aromatic N) is 1. The maximum atomic E-state index is 12.7. The molecular weight excluding hydrogens is 798 g/mol. The fourth-order valence-corrected chi connectivity index (χ4v) is 6.87. The molecule has 0 aliphatic carbocycles. The number of hydrogen-bond donors (Lipinski definition) is 1. The van der Waals surface area contributed by atoms with Crippen molar-refractivity contribution >= 4 is 19.8 Å². The lowest BCUT2D eigenvalue weighted by molar-refractivity contribution is -0.870. The maximum Gasteiger partial charge on any atom is 0.472 e. The number of hydrogen-bond acceptors (Lipinski definition) is 7. The Bertz CT molecular complexity index is 1330. The van der Waals surface area contributed by atoms with Crippen molar-refractivity contribution in [3.8, 4) is 0 Å². The first-order chi connectivity index (χ1) is 30.0. The summed E-state index contributed by atoms with van der Waals surface area (Å²) in [6.07, 6.45) is 56.3. The lowest BCUT2D eigenvalue weighted by atomic mass is 10.1. The first-order valence-corrected chi connectivity index (χ1v) is 25.8. The Labute approximate surface area is 380 Å². The fraction of sp³-hybridized carbons (Fsp3) is 0.692. The van der Waals surface area contributed by atoms with Gasteiger partial charge in [-0.1, -0.05) is 163 Å². The Balaban J connectivity index is 4.38. The van der Waals surface area contributed by atoms with Crippen LogP contribution in [-0.4, -0.2) is 74.9 Å². The summed E-state index contributed by atoms with van der Waals surface area (Å²) >= 11 is 0. The van der Waals surface area contributed by atoms with Crippen LogP contribution in [-0.2, 0) is 32.7 Å². The van der Waals surface area contributed by atoms with E-state index in [-0.39, 0.29) is 32.0 Å². The van der Waals surface area contributed by atoms with Crippen molar-refractivity contribution in [2.24, 2.45) is 0 Å². The summed E-state index contributed by atoms with van der Waals surface area (Å²) in [6, 6.07) is 0. The topological polar surface area (TPSA) is 108 Å². The van der Waals surface area contributed by atoms with E-state index in [4.69, 9.17) is 18.5 Å². The molecule has 0 radical (unpaired) electrons. The summed E-state index contributed by atoms with van der Waals surface area (Å²) in [6.45, 7) is 4.23. The summed E-state index contributed by atoms with van der Waals surface area (Å²) in [4.78, 5) is 35.5. The van der Waals surface area contributed by atoms with Crippen molar-refractivity contribution in [1.82, 2.24) is 0 Å². The minimum absolute atomic E-state index is 0.0198. The SMILES string of the molecule is CC/C=C\C/C=C\C/C=C\C/C=C\C/C=C\CCCCCC(=O)O[C@H](COC(=O)CCCCCCCCCCC/C=C\C/C=C\CCCCC)COP(=O)(O)OCC[N+](C)(C)C. The standard InChI is InChI=1S/C52H90NO8P/c1-6-8-10-12-14-16-18-20-22-24-26-28-30-32-34-36-38-40-42-44-51(54)58-48-50(49-60-62(56,57)59-47-46-53(3,4)5)61-52(55)45-43-41-39-37-35-33-31-29-27-25-23-21-19-17-15-13-11-9-7-2/h9,11,14-17,20-23,27,29,33,35,50H,6-8,10,12-13,18-19,24-26,28,30-32,34,36-49H2,1-5H3/p+1/b11-9-,16-14-,17-15-,22-20-,23-21-,29-27-,35-33-/t50-/m1/s1. The molecule has 2 atom stereocenters. The minimum Gasteiger partial charge on any atom is -0.462 e. The maximum absolute atomic E-state index is 12.7. The normalized spacial score (nSPS) is 14.2. The Kier molecular flexibility index (Phi) is 41.5. The van der Waals surface area contributed by atoms with Crippen LogP contribution in [0.2, 0.25) is 0 Å². The van der Waals surface area contributed by atoms with Gasteiger partial charge in [0.15, 0.2) is 6.10 Å². The van der Waals surface area contributed by atoms with E-state index in [1.165, 1.54) is 57.8 Å². The highest BCUT2D eigenvalue weighted by Crippen LogP contribution is 2.43. The molecule has 0 spiro atoms. The number of carbonyl (C=O) groups excluding carboxylic acids is 2. The summed E-state index contributed by atoms with van der Waals surface area (Å²) in [5, 5.41) is 0. The molecule has 0 saturated carbocycles. The molecule has 0 aromatic rings. The number of ether oxygens (including phenoxy) is 2. The number of phosphoric acid groups is 1. The molecular formula is C52H91NO8P+. The monoisotopic (exact) mass is 889 g/mol. The molecule has 0 aromatic heterocycles. The number of esters is 2. The van der Waals surface area contributed by atoms with Crippen LogP contribution in [0.4, 0.5) is 0 Å². The van der Waals surface area contributed by atoms with Crippen LogP contribution in [0.3, 0.4) is 0 Å². The summed E-state index contributed by atoms with van der Waals surface area (Å²) in [7, 11) is 1.44. The van der Waals surface area contributed by atoms with Gasteiger partial charge in [0.2, 0.25) is 0 Å². The predicted molar refractivity (Wildman–Crippen MR) is 261 cm³/mol. The molecule has 9 nitrogen and oxygen atoms in total. The molecule has 0 heterocycles. The number of allylic oxidation sites excluding steroid dienone is 14. The van der Waals surface area contributed by atoms with Crippen LogP contribution in [0.5, 0.6) is 0 Å². The second-order valence-electron chi connectivity index (χ2n) is 17.1. The molecule has 356 valence electrons. The smallest absolute Gasteiger partial charge is 0.462 e. The van der Waals surface area contributed by atoms with Gasteiger partial charge in [-0.05, 0) is 89.9 Å². The zero-order valence-electron chi connectivity index (χ0n) is 40.1. The molecule has 10 heteroatoms. The summed E-state index contributed by atoms with van der Waals surface area (Å²) < 4.78 is 34.4. The van der Waals surface area contributed by atoms with Gasteiger partial charge in [-0.15, -0.1) is 0 Å². The van der Waals surface area contributed by atoms with Crippen LogP contribution < -0.4 is 0 Å². The van der Waals surface area contributed by atoms with Crippen LogP contribution in [0.15, 0.2) is 85.1 Å². The molecule has 62 heavy (non-hydrogen) atoms. The molecule has 0 saturated heterocycles. The zero-order chi connectivity index (χ0) is 45.7. The largest absolute Gasteiger partial charge is 0.472 e. The highest BCUT2D eigenvalue weighted by atomic mass is 31.2. The summed E-state index contributed by atoms with van der Waals surface area (Å²) in [5.41, 5.74) is 0. The van der Waals surface area contributed by atoms with Crippen LogP contribution in [0.25, 0.3) is 0 Å². The third-order valence-electron chi connectivity index (χ3n) is 9.91. The highest BCUT2D eigenvalue weighted by Gasteiger charge is 2.27. The van der Waals surface area contributed by atoms with Crippen LogP contribution >= 0.6 is 7.82 Å². The van der Waals surface area contributed by atoms with Gasteiger partial charge in [-0.3, -0.25) is 18.6 Å². The van der Waals surface area contributed by atoms with Crippen molar-refractivity contribution in [3.63, 3.8) is 0 Å². The first kappa shape index (κ1) is 59.2. The predicted octanol–water partition coefficient (Wildman–Crippen LogP) is 14.4. The van der Waals surface area contributed by atoms with E-state index in [1.807, 2.05) is 21.1 Å². The number of likely N-dealkylation sites (N-methyl/N-ethyl adjacent to an activating group) is 1. The Morgan fingerprint density at radius 1 is 0.516 bits per heavy atom. The highest BCUT2D eigenvalue weighted by molar-refractivity contribution is 7.47. The van der Waals surface area contributed by atoms with Crippen molar-refractivity contribution in [2.75, 3.05) is 47.5 Å². The fourth-order valence-electron chi connectivity index (χ4n) is 6.13. The van der Waals surface area contributed by atoms with E-state index in [1.54, 1.807) is 0 Å². The van der Waals surface area contributed by atoms with E-state index < -0.39 is 26.5 Å². The average Bonchev–Trinajstić information content (AvgIpc) is 3.23. The lowest BCUT2D eigenvalue weighted by Crippen LogP contribution is -2.37. The van der Waals surface area contributed by atoms with Gasteiger partial charge in [0.05, 0.1) is 27.7 Å². The molecule has 0 aromatic carbocycles. The average molecular weight is 889 g/mol. The molecule has 0 bridgehead atoms. The van der Waals surface area contributed by atoms with Gasteiger partial charge < -0.3 is 18.9 Å². The number of unbranched alkanes of at least 4 members (excludes halogenated alkanes) is 15. The van der Waals surface area contributed by atoms with E-state index in [9.17, 15) is 19.0 Å². The van der Waals surface area contributed by atoms with Crippen molar-refractivity contribution in [1.29, 1.82) is 0 Å². The molecule has 0 amide bonds. The second kappa shape index (κ2) is 43.4. The molecule has 0 aliphatic rings. The molecule has 0 fully saturated rings. The second-order valence-corrected chi connectivity index (χ2v) is 18.6. The van der Waals surface area contributed by atoms with Gasteiger partial charge >= 0.3 is 19.8 Å². The minimum atomic E-state index is -4.39. The summed E-state index contributed by atoms with van der Waals surface area (Å²) in [5.74, 6) is -0.846. The van der Waals surface area contributed by atoms with Crippen molar-refractivity contribution < 1.29 is 42.1 Å².